The van der Waals surface area contributed by atoms with E-state index in [-0.39, 0.29) is 0 Å². The van der Waals surface area contributed by atoms with E-state index in [1.54, 1.807) is 0 Å². The van der Waals surface area contributed by atoms with Gasteiger partial charge in [0, 0.05) is 13.2 Å². The number of hydrogen-bond donors (Lipinski definition) is 2. The Morgan fingerprint density at radius 3 is 2.57 bits per heavy atom. The van der Waals surface area contributed by atoms with Crippen LogP contribution in [0.25, 0.3) is 0 Å². The van der Waals surface area contributed by atoms with Gasteiger partial charge in [-0.25, -0.2) is 0 Å². The zero-order chi connectivity index (χ0) is 5.70. The third-order valence-corrected chi connectivity index (χ3v) is 2.06. The molecule has 4 heteroatoms. The third-order valence-electron chi connectivity index (χ3n) is 0.686. The van der Waals surface area contributed by atoms with Crippen LogP contribution in [0.2, 0.25) is 6.04 Å². The SMILES string of the molecule is CO[SiH](O)CCN. The van der Waals surface area contributed by atoms with Crippen LogP contribution in [0.1, 0.15) is 0 Å². The molecular formula is C3H11NO2Si. The average Bonchev–Trinajstić information content (AvgIpc) is 1.68. The molecule has 0 radical (unpaired) electrons. The lowest BCUT2D eigenvalue weighted by Gasteiger charge is -2.00. The second-order valence-electron chi connectivity index (χ2n) is 1.27. The normalized spacial score (nSPS) is 14.1. The van der Waals surface area contributed by atoms with E-state index in [1.165, 1.54) is 7.11 Å². The standard InChI is InChI=1S/C3H11NO2Si/c1-6-7(5)3-2-4/h5,7H,2-4H2,1H3. The van der Waals surface area contributed by atoms with Crippen LogP contribution in [0.15, 0.2) is 0 Å². The molecule has 0 amide bonds. The molecule has 0 aromatic carbocycles. The Labute approximate surface area is 44.9 Å². The summed E-state index contributed by atoms with van der Waals surface area (Å²) < 4.78 is 4.61. The van der Waals surface area contributed by atoms with Gasteiger partial charge in [0.2, 0.25) is 0 Å². The first-order valence-corrected chi connectivity index (χ1v) is 4.02. The Bertz CT molecular complexity index is 43.9. The predicted octanol–water partition coefficient (Wildman–Crippen LogP) is -1.20. The lowest BCUT2D eigenvalue weighted by Crippen LogP contribution is -2.19. The van der Waals surface area contributed by atoms with E-state index in [0.29, 0.717) is 12.6 Å². The molecule has 0 bridgehead atoms. The molecule has 0 saturated carbocycles. The summed E-state index contributed by atoms with van der Waals surface area (Å²) in [6, 6.07) is 0.649. The Kier molecular flexibility index (Phi) is 4.32. The first-order chi connectivity index (χ1) is 3.31. The zero-order valence-electron chi connectivity index (χ0n) is 4.42. The van der Waals surface area contributed by atoms with Gasteiger partial charge in [0.25, 0.3) is 0 Å². The van der Waals surface area contributed by atoms with E-state index in [1.807, 2.05) is 0 Å². The summed E-state index contributed by atoms with van der Waals surface area (Å²) >= 11 is 0. The molecular weight excluding hydrogens is 110 g/mol. The van der Waals surface area contributed by atoms with Gasteiger partial charge in [0.1, 0.15) is 0 Å². The Hall–Kier alpha value is 0.0969. The topological polar surface area (TPSA) is 55.5 Å². The maximum atomic E-state index is 8.69. The Balaban J connectivity index is 2.83. The highest BCUT2D eigenvalue weighted by Crippen LogP contribution is 1.82. The van der Waals surface area contributed by atoms with Gasteiger partial charge >= 0.3 is 9.28 Å². The highest BCUT2D eigenvalue weighted by Gasteiger charge is 2.00. The quantitative estimate of drug-likeness (QED) is 0.461. The maximum Gasteiger partial charge on any atom is 0.319 e. The first kappa shape index (κ1) is 7.10. The molecule has 0 spiro atoms. The van der Waals surface area contributed by atoms with Gasteiger partial charge < -0.3 is 15.0 Å². The molecule has 1 atom stereocenters. The van der Waals surface area contributed by atoms with Gasteiger partial charge in [0.15, 0.2) is 0 Å². The number of nitrogens with two attached hydrogens (primary N) is 1. The van der Waals surface area contributed by atoms with E-state index in [4.69, 9.17) is 10.5 Å². The van der Waals surface area contributed by atoms with Crippen molar-refractivity contribution in [1.29, 1.82) is 0 Å². The molecule has 0 aromatic rings. The van der Waals surface area contributed by atoms with Crippen LogP contribution in [0.5, 0.6) is 0 Å². The maximum absolute atomic E-state index is 8.69. The van der Waals surface area contributed by atoms with Crippen LogP contribution in [0.3, 0.4) is 0 Å². The summed E-state index contributed by atoms with van der Waals surface area (Å²) in [4.78, 5) is 8.69. The van der Waals surface area contributed by atoms with Crippen LogP contribution in [0.4, 0.5) is 0 Å². The van der Waals surface area contributed by atoms with E-state index in [2.05, 4.69) is 4.43 Å². The van der Waals surface area contributed by atoms with Crippen LogP contribution >= 0.6 is 0 Å². The fourth-order valence-electron chi connectivity index (χ4n) is 0.260. The molecule has 0 aliphatic heterocycles. The smallest absolute Gasteiger partial charge is 0.319 e. The van der Waals surface area contributed by atoms with Crippen molar-refractivity contribution < 1.29 is 9.22 Å². The summed E-state index contributed by atoms with van der Waals surface area (Å²) in [5.74, 6) is 0. The highest BCUT2D eigenvalue weighted by atomic mass is 28.3. The zero-order valence-corrected chi connectivity index (χ0v) is 5.58. The first-order valence-electron chi connectivity index (χ1n) is 2.22. The Morgan fingerprint density at radius 1 is 1.86 bits per heavy atom. The van der Waals surface area contributed by atoms with Crippen molar-refractivity contribution in [3.8, 4) is 0 Å². The van der Waals surface area contributed by atoms with Gasteiger partial charge in [-0.15, -0.1) is 0 Å². The largest absolute Gasteiger partial charge is 0.413 e. The van der Waals surface area contributed by atoms with Gasteiger partial charge in [-0.2, -0.15) is 0 Å². The molecule has 0 aliphatic rings. The molecule has 3 nitrogen and oxygen atoms in total. The molecule has 0 heterocycles. The second-order valence-corrected chi connectivity index (χ2v) is 3.23. The fraction of sp³-hybridized carbons (Fsp3) is 1.00. The summed E-state index contributed by atoms with van der Waals surface area (Å²) in [5.41, 5.74) is 5.10. The molecule has 0 aliphatic carbocycles. The van der Waals surface area contributed by atoms with Crippen LogP contribution in [-0.2, 0) is 4.43 Å². The summed E-state index contributed by atoms with van der Waals surface area (Å²) in [6.45, 7) is 0.529. The van der Waals surface area contributed by atoms with Gasteiger partial charge in [-0.05, 0) is 6.54 Å². The summed E-state index contributed by atoms with van der Waals surface area (Å²) in [5, 5.41) is 0. The minimum atomic E-state index is -1.81. The van der Waals surface area contributed by atoms with Crippen molar-refractivity contribution in [3.63, 3.8) is 0 Å². The molecule has 0 fully saturated rings. The molecule has 1 unspecified atom stereocenters. The van der Waals surface area contributed by atoms with E-state index < -0.39 is 9.28 Å². The minimum absolute atomic E-state index is 0.529. The number of rotatable bonds is 3. The minimum Gasteiger partial charge on any atom is -0.413 e. The molecule has 3 N–H and O–H groups in total. The average molecular weight is 121 g/mol. The molecule has 7 heavy (non-hydrogen) atoms. The summed E-state index contributed by atoms with van der Waals surface area (Å²) in [7, 11) is -0.300. The lowest BCUT2D eigenvalue weighted by atomic mass is 10.8. The summed E-state index contributed by atoms with van der Waals surface area (Å²) in [6.07, 6.45) is 0. The van der Waals surface area contributed by atoms with Gasteiger partial charge in [-0.3, -0.25) is 0 Å². The van der Waals surface area contributed by atoms with Crippen LogP contribution < -0.4 is 5.73 Å². The highest BCUT2D eigenvalue weighted by molar-refractivity contribution is 6.42. The van der Waals surface area contributed by atoms with Crippen molar-refractivity contribution in [1.82, 2.24) is 0 Å². The van der Waals surface area contributed by atoms with Crippen LogP contribution in [0, 0.1) is 0 Å². The van der Waals surface area contributed by atoms with Crippen molar-refractivity contribution in [2.24, 2.45) is 5.73 Å². The number of hydrogen-bond acceptors (Lipinski definition) is 3. The third kappa shape index (κ3) is 3.94. The lowest BCUT2D eigenvalue weighted by molar-refractivity contribution is 0.326. The van der Waals surface area contributed by atoms with E-state index in [9.17, 15) is 0 Å². The van der Waals surface area contributed by atoms with Crippen LogP contribution in [-0.4, -0.2) is 27.7 Å². The van der Waals surface area contributed by atoms with E-state index >= 15 is 0 Å². The second kappa shape index (κ2) is 4.26. The van der Waals surface area contributed by atoms with Crippen molar-refractivity contribution in [2.75, 3.05) is 13.7 Å². The fourth-order valence-corrected chi connectivity index (χ4v) is 0.781. The molecule has 0 saturated heterocycles. The van der Waals surface area contributed by atoms with Gasteiger partial charge in [0.05, 0.1) is 0 Å². The van der Waals surface area contributed by atoms with Crippen molar-refractivity contribution >= 4 is 9.28 Å². The predicted molar refractivity (Wildman–Crippen MR) is 30.2 cm³/mol. The van der Waals surface area contributed by atoms with Gasteiger partial charge in [-0.1, -0.05) is 0 Å². The van der Waals surface area contributed by atoms with Crippen molar-refractivity contribution in [2.45, 2.75) is 6.04 Å². The van der Waals surface area contributed by atoms with Crippen molar-refractivity contribution in [3.05, 3.63) is 0 Å². The Morgan fingerprint density at radius 2 is 2.43 bits per heavy atom. The monoisotopic (exact) mass is 121 g/mol. The molecule has 0 aromatic heterocycles. The molecule has 44 valence electrons. The van der Waals surface area contributed by atoms with E-state index in [0.717, 1.165) is 0 Å². The molecule has 0 rings (SSSR count).